The Bertz CT molecular complexity index is 648. The molecule has 0 radical (unpaired) electrons. The van der Waals surface area contributed by atoms with Gasteiger partial charge in [-0.05, 0) is 42.0 Å². The van der Waals surface area contributed by atoms with Crippen molar-refractivity contribution in [3.63, 3.8) is 0 Å². The molecule has 2 aromatic carbocycles. The normalized spacial score (nSPS) is 10.9. The lowest BCUT2D eigenvalue weighted by Crippen LogP contribution is -2.08. The number of rotatable bonds is 4. The van der Waals surface area contributed by atoms with Crippen LogP contribution in [-0.2, 0) is 0 Å². The third kappa shape index (κ3) is 3.07. The smallest absolute Gasteiger partial charge is 0.140 e. The highest BCUT2D eigenvalue weighted by molar-refractivity contribution is 5.50. The third-order valence-corrected chi connectivity index (χ3v) is 2.90. The maximum atomic E-state index is 9.27. The highest BCUT2D eigenvalue weighted by Gasteiger charge is 2.10. The number of nitrogens with one attached hydrogen (secondary N) is 1. The standard InChI is InChI=1S/C16H13N3O/c1-20-15-8-6-14(7-9-15)19-16(11-18)13-4-2-12(10-17)3-5-13/h2-9,16,19H,1H3. The molecule has 0 heterocycles. The summed E-state index contributed by atoms with van der Waals surface area (Å²) in [6.45, 7) is 0. The molecule has 0 spiro atoms. The van der Waals surface area contributed by atoms with Crippen LogP contribution in [0, 0.1) is 22.7 Å². The minimum absolute atomic E-state index is 0.462. The van der Waals surface area contributed by atoms with Crippen LogP contribution in [0.1, 0.15) is 17.2 Å². The molecular formula is C16H13N3O. The van der Waals surface area contributed by atoms with Gasteiger partial charge in [-0.2, -0.15) is 10.5 Å². The van der Waals surface area contributed by atoms with E-state index in [1.54, 1.807) is 31.4 Å². The molecule has 0 aromatic heterocycles. The molecule has 98 valence electrons. The molecule has 0 aliphatic carbocycles. The van der Waals surface area contributed by atoms with Gasteiger partial charge in [0, 0.05) is 5.69 Å². The summed E-state index contributed by atoms with van der Waals surface area (Å²) in [5.74, 6) is 0.766. The predicted molar refractivity (Wildman–Crippen MR) is 76.1 cm³/mol. The summed E-state index contributed by atoms with van der Waals surface area (Å²) in [5, 5.41) is 21.2. The van der Waals surface area contributed by atoms with Gasteiger partial charge < -0.3 is 10.1 Å². The first-order valence-electron chi connectivity index (χ1n) is 6.07. The lowest BCUT2D eigenvalue weighted by molar-refractivity contribution is 0.415. The van der Waals surface area contributed by atoms with Crippen LogP contribution in [0.5, 0.6) is 5.75 Å². The molecule has 0 saturated carbocycles. The zero-order valence-electron chi connectivity index (χ0n) is 11.0. The summed E-state index contributed by atoms with van der Waals surface area (Å²) in [6, 6.07) is 18.1. The van der Waals surface area contributed by atoms with Gasteiger partial charge in [0.1, 0.15) is 11.8 Å². The molecule has 2 rings (SSSR count). The van der Waals surface area contributed by atoms with Crippen LogP contribution < -0.4 is 10.1 Å². The van der Waals surface area contributed by atoms with E-state index >= 15 is 0 Å². The van der Waals surface area contributed by atoms with Crippen molar-refractivity contribution in [2.75, 3.05) is 12.4 Å². The zero-order valence-corrected chi connectivity index (χ0v) is 11.0. The van der Waals surface area contributed by atoms with Crippen molar-refractivity contribution in [1.29, 1.82) is 10.5 Å². The predicted octanol–water partition coefficient (Wildman–Crippen LogP) is 3.24. The molecule has 1 N–H and O–H groups in total. The van der Waals surface area contributed by atoms with Crippen molar-refractivity contribution in [2.24, 2.45) is 0 Å². The maximum Gasteiger partial charge on any atom is 0.140 e. The molecule has 20 heavy (non-hydrogen) atoms. The Morgan fingerprint density at radius 3 is 2.15 bits per heavy atom. The number of anilines is 1. The molecule has 4 heteroatoms. The minimum atomic E-state index is -0.462. The average Bonchev–Trinajstić information content (AvgIpc) is 2.53. The SMILES string of the molecule is COc1ccc(NC(C#N)c2ccc(C#N)cc2)cc1. The van der Waals surface area contributed by atoms with E-state index in [9.17, 15) is 5.26 Å². The van der Waals surface area contributed by atoms with Gasteiger partial charge in [-0.3, -0.25) is 0 Å². The number of nitriles is 2. The fourth-order valence-corrected chi connectivity index (χ4v) is 1.79. The highest BCUT2D eigenvalue weighted by Crippen LogP contribution is 2.21. The first-order chi connectivity index (χ1) is 9.76. The van der Waals surface area contributed by atoms with E-state index in [2.05, 4.69) is 17.5 Å². The van der Waals surface area contributed by atoms with Crippen molar-refractivity contribution in [3.05, 3.63) is 59.7 Å². The number of hydrogen-bond donors (Lipinski definition) is 1. The molecule has 0 fully saturated rings. The first kappa shape index (κ1) is 13.5. The van der Waals surface area contributed by atoms with Crippen LogP contribution in [0.2, 0.25) is 0 Å². The van der Waals surface area contributed by atoms with E-state index in [0.717, 1.165) is 17.0 Å². The van der Waals surface area contributed by atoms with Crippen LogP contribution in [-0.4, -0.2) is 7.11 Å². The Morgan fingerprint density at radius 2 is 1.65 bits per heavy atom. The fourth-order valence-electron chi connectivity index (χ4n) is 1.79. The third-order valence-electron chi connectivity index (χ3n) is 2.90. The Labute approximate surface area is 117 Å². The molecule has 0 saturated heterocycles. The van der Waals surface area contributed by atoms with Gasteiger partial charge in [-0.15, -0.1) is 0 Å². The largest absolute Gasteiger partial charge is 0.497 e. The van der Waals surface area contributed by atoms with Gasteiger partial charge in [0.2, 0.25) is 0 Å². The molecule has 0 amide bonds. The second kappa shape index (κ2) is 6.26. The zero-order chi connectivity index (χ0) is 14.4. The second-order valence-corrected chi connectivity index (χ2v) is 4.17. The number of hydrogen-bond acceptors (Lipinski definition) is 4. The molecule has 0 aliphatic heterocycles. The first-order valence-corrected chi connectivity index (χ1v) is 6.07. The quantitative estimate of drug-likeness (QED) is 0.919. The number of methoxy groups -OCH3 is 1. The summed E-state index contributed by atoms with van der Waals surface area (Å²) in [7, 11) is 1.61. The van der Waals surface area contributed by atoms with Crippen molar-refractivity contribution >= 4 is 5.69 Å². The van der Waals surface area contributed by atoms with Crippen LogP contribution in [0.15, 0.2) is 48.5 Å². The number of benzene rings is 2. The molecule has 1 unspecified atom stereocenters. The molecule has 4 nitrogen and oxygen atoms in total. The summed E-state index contributed by atoms with van der Waals surface area (Å²) < 4.78 is 5.09. The van der Waals surface area contributed by atoms with Crippen LogP contribution in [0.3, 0.4) is 0 Å². The fraction of sp³-hybridized carbons (Fsp3) is 0.125. The van der Waals surface area contributed by atoms with Crippen LogP contribution in [0.4, 0.5) is 5.69 Å². The second-order valence-electron chi connectivity index (χ2n) is 4.17. The van der Waals surface area contributed by atoms with E-state index in [-0.39, 0.29) is 0 Å². The van der Waals surface area contributed by atoms with Crippen molar-refractivity contribution in [2.45, 2.75) is 6.04 Å². The Morgan fingerprint density at radius 1 is 1.00 bits per heavy atom. The van der Waals surface area contributed by atoms with Crippen molar-refractivity contribution < 1.29 is 4.74 Å². The monoisotopic (exact) mass is 263 g/mol. The molecular weight excluding hydrogens is 250 g/mol. The topological polar surface area (TPSA) is 68.8 Å². The highest BCUT2D eigenvalue weighted by atomic mass is 16.5. The lowest BCUT2D eigenvalue weighted by Gasteiger charge is -2.13. The van der Waals surface area contributed by atoms with Crippen LogP contribution in [0.25, 0.3) is 0 Å². The summed E-state index contributed by atoms with van der Waals surface area (Å²) in [5.41, 5.74) is 2.24. The summed E-state index contributed by atoms with van der Waals surface area (Å²) >= 11 is 0. The van der Waals surface area contributed by atoms with Gasteiger partial charge in [-0.1, -0.05) is 12.1 Å². The van der Waals surface area contributed by atoms with E-state index in [4.69, 9.17) is 10.00 Å². The Balaban J connectivity index is 2.15. The summed E-state index contributed by atoms with van der Waals surface area (Å²) in [4.78, 5) is 0. The van der Waals surface area contributed by atoms with Gasteiger partial charge in [-0.25, -0.2) is 0 Å². The van der Waals surface area contributed by atoms with E-state index in [0.29, 0.717) is 5.56 Å². The van der Waals surface area contributed by atoms with Crippen molar-refractivity contribution in [1.82, 2.24) is 0 Å². The van der Waals surface area contributed by atoms with E-state index in [1.807, 2.05) is 24.3 Å². The number of nitrogens with zero attached hydrogens (tertiary/aromatic N) is 2. The van der Waals surface area contributed by atoms with Crippen LogP contribution >= 0.6 is 0 Å². The molecule has 1 atom stereocenters. The summed E-state index contributed by atoms with van der Waals surface area (Å²) in [6.07, 6.45) is 0. The van der Waals surface area contributed by atoms with Gasteiger partial charge in [0.15, 0.2) is 0 Å². The number of ether oxygens (including phenoxy) is 1. The van der Waals surface area contributed by atoms with Crippen molar-refractivity contribution in [3.8, 4) is 17.9 Å². The Kier molecular flexibility index (Phi) is 4.21. The Hall–Kier alpha value is -2.98. The lowest BCUT2D eigenvalue weighted by atomic mass is 10.1. The van der Waals surface area contributed by atoms with Gasteiger partial charge >= 0.3 is 0 Å². The maximum absolute atomic E-state index is 9.27. The minimum Gasteiger partial charge on any atom is -0.497 e. The average molecular weight is 263 g/mol. The van der Waals surface area contributed by atoms with Gasteiger partial charge in [0.25, 0.3) is 0 Å². The van der Waals surface area contributed by atoms with E-state index < -0.39 is 6.04 Å². The van der Waals surface area contributed by atoms with E-state index in [1.165, 1.54) is 0 Å². The molecule has 0 aliphatic rings. The molecule has 0 bridgehead atoms. The van der Waals surface area contributed by atoms with Gasteiger partial charge in [0.05, 0.1) is 24.8 Å². The molecule has 2 aromatic rings.